The van der Waals surface area contributed by atoms with Crippen molar-refractivity contribution >= 4 is 11.9 Å². The zero-order valence-electron chi connectivity index (χ0n) is 11.9. The molecule has 2 aliphatic rings. The Hall–Kier alpha value is -1.98. The highest BCUT2D eigenvalue weighted by atomic mass is 19.1. The topological polar surface area (TPSA) is 66.4 Å². The fourth-order valence-electron chi connectivity index (χ4n) is 3.33. The Labute approximate surface area is 126 Å². The number of carbonyl (C=O) groups excluding carboxylic acids is 1. The monoisotopic (exact) mass is 309 g/mol. The summed E-state index contributed by atoms with van der Waals surface area (Å²) >= 11 is 0. The van der Waals surface area contributed by atoms with Gasteiger partial charge in [0.25, 0.3) is 0 Å². The molecule has 0 aliphatic heterocycles. The lowest BCUT2D eigenvalue weighted by Gasteiger charge is -2.25. The van der Waals surface area contributed by atoms with E-state index in [0.29, 0.717) is 24.8 Å². The van der Waals surface area contributed by atoms with Gasteiger partial charge in [-0.05, 0) is 36.8 Å². The number of carboxylic acids is 1. The molecule has 0 unspecified atom stereocenters. The van der Waals surface area contributed by atoms with Crippen molar-refractivity contribution in [1.29, 1.82) is 0 Å². The molecule has 22 heavy (non-hydrogen) atoms. The van der Waals surface area contributed by atoms with Gasteiger partial charge in [-0.3, -0.25) is 4.79 Å². The second kappa shape index (κ2) is 5.34. The molecule has 2 N–H and O–H groups in total. The van der Waals surface area contributed by atoms with Crippen molar-refractivity contribution in [3.63, 3.8) is 0 Å². The first-order chi connectivity index (χ1) is 10.4. The molecule has 2 fully saturated rings. The third-order valence-corrected chi connectivity index (χ3v) is 4.72. The van der Waals surface area contributed by atoms with Gasteiger partial charge in [-0.2, -0.15) is 0 Å². The summed E-state index contributed by atoms with van der Waals surface area (Å²) in [6.07, 6.45) is 2.86. The first-order valence-electron chi connectivity index (χ1n) is 7.43. The number of aliphatic carboxylic acids is 1. The van der Waals surface area contributed by atoms with E-state index < -0.39 is 29.1 Å². The molecule has 0 radical (unpaired) electrons. The van der Waals surface area contributed by atoms with Crippen LogP contribution in [0.4, 0.5) is 8.78 Å². The van der Waals surface area contributed by atoms with Gasteiger partial charge in [-0.1, -0.05) is 18.9 Å². The van der Waals surface area contributed by atoms with Crippen LogP contribution in [-0.4, -0.2) is 22.5 Å². The molecule has 1 aromatic carbocycles. The maximum atomic E-state index is 13.7. The van der Waals surface area contributed by atoms with Crippen LogP contribution in [0.1, 0.15) is 43.6 Å². The van der Waals surface area contributed by atoms with Gasteiger partial charge in [0.05, 0.1) is 0 Å². The average molecular weight is 309 g/mol. The lowest BCUT2D eigenvalue weighted by Crippen LogP contribution is -2.53. The Morgan fingerprint density at radius 3 is 2.50 bits per heavy atom. The maximum Gasteiger partial charge on any atom is 0.329 e. The molecular formula is C16H17F2NO3. The summed E-state index contributed by atoms with van der Waals surface area (Å²) in [7, 11) is 0. The van der Waals surface area contributed by atoms with Crippen molar-refractivity contribution in [2.24, 2.45) is 5.92 Å². The van der Waals surface area contributed by atoms with E-state index in [2.05, 4.69) is 5.32 Å². The highest BCUT2D eigenvalue weighted by Gasteiger charge is 2.50. The van der Waals surface area contributed by atoms with E-state index in [1.807, 2.05) is 0 Å². The van der Waals surface area contributed by atoms with Crippen molar-refractivity contribution in [1.82, 2.24) is 5.32 Å². The van der Waals surface area contributed by atoms with E-state index in [1.54, 1.807) is 0 Å². The average Bonchev–Trinajstić information content (AvgIpc) is 3.10. The van der Waals surface area contributed by atoms with E-state index in [1.165, 1.54) is 12.1 Å². The smallest absolute Gasteiger partial charge is 0.329 e. The minimum atomic E-state index is -1.18. The van der Waals surface area contributed by atoms with E-state index >= 15 is 0 Å². The fraction of sp³-hybridized carbons (Fsp3) is 0.500. The molecule has 3 rings (SSSR count). The molecule has 0 heterocycles. The van der Waals surface area contributed by atoms with Gasteiger partial charge < -0.3 is 10.4 Å². The largest absolute Gasteiger partial charge is 0.480 e. The number of nitrogens with one attached hydrogen (secondary N) is 1. The van der Waals surface area contributed by atoms with Crippen LogP contribution in [0, 0.1) is 17.6 Å². The Bertz CT molecular complexity index is 626. The number of hydrogen-bond acceptors (Lipinski definition) is 2. The molecule has 0 spiro atoms. The Morgan fingerprint density at radius 2 is 1.91 bits per heavy atom. The third-order valence-electron chi connectivity index (χ3n) is 4.72. The molecule has 118 valence electrons. The number of carbonyl (C=O) groups is 2. The van der Waals surface area contributed by atoms with E-state index in [4.69, 9.17) is 0 Å². The van der Waals surface area contributed by atoms with Crippen molar-refractivity contribution in [2.75, 3.05) is 0 Å². The number of hydrogen-bond donors (Lipinski definition) is 2. The number of carboxylic acid groups (broad SMARTS) is 1. The summed E-state index contributed by atoms with van der Waals surface area (Å²) < 4.78 is 26.6. The number of rotatable bonds is 4. The van der Waals surface area contributed by atoms with Gasteiger partial charge in [0, 0.05) is 12.0 Å². The predicted octanol–water partition coefficient (Wildman–Crippen LogP) is 2.58. The Morgan fingerprint density at radius 1 is 1.23 bits per heavy atom. The van der Waals surface area contributed by atoms with Gasteiger partial charge in [-0.25, -0.2) is 13.6 Å². The van der Waals surface area contributed by atoms with Crippen LogP contribution in [-0.2, 0) is 9.59 Å². The summed E-state index contributed by atoms with van der Waals surface area (Å²) in [6, 6.07) is 3.32. The summed E-state index contributed by atoms with van der Waals surface area (Å²) in [5.41, 5.74) is -0.858. The summed E-state index contributed by atoms with van der Waals surface area (Å²) in [5.74, 6) is -3.40. The predicted molar refractivity (Wildman–Crippen MR) is 74.2 cm³/mol. The van der Waals surface area contributed by atoms with Crippen molar-refractivity contribution in [3.8, 4) is 0 Å². The number of amides is 1. The van der Waals surface area contributed by atoms with Crippen LogP contribution in [0.15, 0.2) is 18.2 Å². The van der Waals surface area contributed by atoms with Crippen LogP contribution in [0.2, 0.25) is 0 Å². The number of benzene rings is 1. The van der Waals surface area contributed by atoms with E-state index in [-0.39, 0.29) is 11.8 Å². The molecule has 2 saturated carbocycles. The molecule has 1 aromatic rings. The second-order valence-corrected chi connectivity index (χ2v) is 6.20. The number of halogens is 2. The van der Waals surface area contributed by atoms with Crippen LogP contribution in [0.5, 0.6) is 0 Å². The summed E-state index contributed by atoms with van der Waals surface area (Å²) in [5, 5.41) is 12.0. The highest BCUT2D eigenvalue weighted by Crippen LogP contribution is 2.49. The molecule has 1 amide bonds. The van der Waals surface area contributed by atoms with Crippen LogP contribution in [0.3, 0.4) is 0 Å². The quantitative estimate of drug-likeness (QED) is 0.898. The maximum absolute atomic E-state index is 13.7. The molecule has 0 aromatic heterocycles. The lowest BCUT2D eigenvalue weighted by atomic mass is 9.97. The zero-order chi connectivity index (χ0) is 15.9. The summed E-state index contributed by atoms with van der Waals surface area (Å²) in [6.45, 7) is 0. The second-order valence-electron chi connectivity index (χ2n) is 6.20. The third kappa shape index (κ3) is 2.58. The van der Waals surface area contributed by atoms with E-state index in [0.717, 1.165) is 18.9 Å². The van der Waals surface area contributed by atoms with Crippen molar-refractivity contribution < 1.29 is 23.5 Å². The van der Waals surface area contributed by atoms with Gasteiger partial charge in [0.15, 0.2) is 0 Å². The molecule has 2 atom stereocenters. The standard InChI is InChI=1S/C16H17F2NO3/c17-9-3-4-10(13(18)7-9)11-8-12(11)14(20)19-16(15(21)22)5-1-2-6-16/h3-4,7,11-12H,1-2,5-6,8H2,(H,19,20)(H,21,22)/t11-,12+/m1/s1. The van der Waals surface area contributed by atoms with Gasteiger partial charge in [0.2, 0.25) is 5.91 Å². The van der Waals surface area contributed by atoms with Gasteiger partial charge >= 0.3 is 5.97 Å². The highest BCUT2D eigenvalue weighted by molar-refractivity contribution is 5.90. The van der Waals surface area contributed by atoms with Crippen LogP contribution >= 0.6 is 0 Å². The van der Waals surface area contributed by atoms with Crippen molar-refractivity contribution in [3.05, 3.63) is 35.4 Å². The SMILES string of the molecule is O=C(NC1(C(=O)O)CCCC1)[C@H]1C[C@@H]1c1ccc(F)cc1F. The fourth-order valence-corrected chi connectivity index (χ4v) is 3.33. The molecule has 0 saturated heterocycles. The molecular weight excluding hydrogens is 292 g/mol. The lowest BCUT2D eigenvalue weighted by molar-refractivity contribution is -0.147. The molecule has 0 bridgehead atoms. The first kappa shape index (κ1) is 14.9. The Kier molecular flexibility index (Phi) is 3.62. The van der Waals surface area contributed by atoms with Crippen LogP contribution in [0.25, 0.3) is 0 Å². The summed E-state index contributed by atoms with van der Waals surface area (Å²) in [4.78, 5) is 23.7. The normalized spacial score (nSPS) is 25.7. The van der Waals surface area contributed by atoms with E-state index in [9.17, 15) is 23.5 Å². The zero-order valence-corrected chi connectivity index (χ0v) is 11.9. The molecule has 6 heteroatoms. The van der Waals surface area contributed by atoms with Crippen LogP contribution < -0.4 is 5.32 Å². The van der Waals surface area contributed by atoms with Gasteiger partial charge in [-0.15, -0.1) is 0 Å². The van der Waals surface area contributed by atoms with Gasteiger partial charge in [0.1, 0.15) is 17.2 Å². The minimum Gasteiger partial charge on any atom is -0.480 e. The minimum absolute atomic E-state index is 0.298. The molecule has 4 nitrogen and oxygen atoms in total. The first-order valence-corrected chi connectivity index (χ1v) is 7.43. The Balaban J connectivity index is 1.69. The molecule has 2 aliphatic carbocycles. The van der Waals surface area contributed by atoms with Crippen molar-refractivity contribution in [2.45, 2.75) is 43.6 Å².